The van der Waals surface area contributed by atoms with Gasteiger partial charge >= 0.3 is 5.97 Å². The van der Waals surface area contributed by atoms with Crippen molar-refractivity contribution in [3.8, 4) is 0 Å². The quantitative estimate of drug-likeness (QED) is 0.400. The molecular weight excluding hydrogens is 324 g/mol. The van der Waals surface area contributed by atoms with Gasteiger partial charge < -0.3 is 4.84 Å². The van der Waals surface area contributed by atoms with Crippen LogP contribution in [0.1, 0.15) is 11.1 Å². The maximum absolute atomic E-state index is 12.1. The standard InChI is InChI=1S/C19H11ClN2O2/c20-18-14(10-13-8-4-5-9-16(13)21-18)11-15-17(22-24-19(15)23)12-6-2-1-3-7-12/h1-11H/b15-11+. The van der Waals surface area contributed by atoms with E-state index < -0.39 is 5.97 Å². The van der Waals surface area contributed by atoms with Crippen LogP contribution in [0.3, 0.4) is 0 Å². The van der Waals surface area contributed by atoms with Crippen molar-refractivity contribution in [3.63, 3.8) is 0 Å². The predicted molar refractivity (Wildman–Crippen MR) is 93.8 cm³/mol. The molecule has 4 rings (SSSR count). The Morgan fingerprint density at radius 1 is 1.00 bits per heavy atom. The highest BCUT2D eigenvalue weighted by atomic mass is 35.5. The molecule has 0 saturated carbocycles. The number of halogens is 1. The predicted octanol–water partition coefficient (Wildman–Crippen LogP) is 4.23. The first-order chi connectivity index (χ1) is 11.7. The van der Waals surface area contributed by atoms with Crippen LogP contribution in [-0.2, 0) is 9.63 Å². The molecule has 5 heteroatoms. The van der Waals surface area contributed by atoms with Gasteiger partial charge in [0.2, 0.25) is 0 Å². The summed E-state index contributed by atoms with van der Waals surface area (Å²) in [7, 11) is 0. The zero-order chi connectivity index (χ0) is 16.5. The van der Waals surface area contributed by atoms with Crippen molar-refractivity contribution in [2.75, 3.05) is 0 Å². The van der Waals surface area contributed by atoms with Gasteiger partial charge in [0.05, 0.1) is 11.1 Å². The number of carbonyl (C=O) groups excluding carboxylic acids is 1. The number of fused-ring (bicyclic) bond motifs is 1. The van der Waals surface area contributed by atoms with E-state index in [4.69, 9.17) is 16.4 Å². The number of para-hydroxylation sites is 1. The largest absolute Gasteiger partial charge is 0.368 e. The average molecular weight is 335 g/mol. The van der Waals surface area contributed by atoms with Crippen LogP contribution < -0.4 is 0 Å². The summed E-state index contributed by atoms with van der Waals surface area (Å²) in [6, 6.07) is 18.9. The van der Waals surface area contributed by atoms with Crippen molar-refractivity contribution in [3.05, 3.63) is 82.5 Å². The number of pyridine rings is 1. The Kier molecular flexibility index (Phi) is 3.59. The molecule has 0 atom stereocenters. The fourth-order valence-electron chi connectivity index (χ4n) is 2.58. The van der Waals surface area contributed by atoms with Crippen LogP contribution in [-0.4, -0.2) is 16.7 Å². The van der Waals surface area contributed by atoms with Crippen LogP contribution >= 0.6 is 11.6 Å². The number of hydrogen-bond donors (Lipinski definition) is 0. The third-order valence-corrected chi connectivity index (χ3v) is 4.05. The molecule has 2 heterocycles. The van der Waals surface area contributed by atoms with Crippen molar-refractivity contribution in [1.29, 1.82) is 0 Å². The molecular formula is C19H11ClN2O2. The fourth-order valence-corrected chi connectivity index (χ4v) is 2.78. The number of hydrogen-bond acceptors (Lipinski definition) is 4. The molecule has 4 nitrogen and oxygen atoms in total. The molecule has 0 amide bonds. The number of oxime groups is 1. The zero-order valence-corrected chi connectivity index (χ0v) is 13.2. The molecule has 0 unspecified atom stereocenters. The summed E-state index contributed by atoms with van der Waals surface area (Å²) in [5, 5.41) is 5.16. The van der Waals surface area contributed by atoms with E-state index >= 15 is 0 Å². The van der Waals surface area contributed by atoms with E-state index in [1.807, 2.05) is 60.7 Å². The molecule has 116 valence electrons. The molecule has 1 aromatic heterocycles. The number of aromatic nitrogens is 1. The summed E-state index contributed by atoms with van der Waals surface area (Å²) in [4.78, 5) is 21.3. The Hall–Kier alpha value is -2.98. The van der Waals surface area contributed by atoms with Crippen LogP contribution in [0.25, 0.3) is 17.0 Å². The molecule has 1 aliphatic heterocycles. The second-order valence-electron chi connectivity index (χ2n) is 5.30. The maximum Gasteiger partial charge on any atom is 0.368 e. The number of rotatable bonds is 2. The van der Waals surface area contributed by atoms with Crippen LogP contribution in [0.5, 0.6) is 0 Å². The van der Waals surface area contributed by atoms with E-state index in [2.05, 4.69) is 10.1 Å². The minimum Gasteiger partial charge on any atom is -0.312 e. The molecule has 0 bridgehead atoms. The van der Waals surface area contributed by atoms with E-state index in [9.17, 15) is 4.79 Å². The van der Waals surface area contributed by atoms with Crippen LogP contribution in [0.15, 0.2) is 71.4 Å². The summed E-state index contributed by atoms with van der Waals surface area (Å²) < 4.78 is 0. The Balaban J connectivity index is 1.83. The van der Waals surface area contributed by atoms with Crippen molar-refractivity contribution in [1.82, 2.24) is 4.98 Å². The van der Waals surface area contributed by atoms with Crippen molar-refractivity contribution in [2.45, 2.75) is 0 Å². The van der Waals surface area contributed by atoms with Gasteiger partial charge in [-0.05, 0) is 18.2 Å². The van der Waals surface area contributed by atoms with E-state index in [0.29, 0.717) is 22.0 Å². The highest BCUT2D eigenvalue weighted by Gasteiger charge is 2.27. The summed E-state index contributed by atoms with van der Waals surface area (Å²) in [5.74, 6) is -0.502. The first kappa shape index (κ1) is 14.6. The van der Waals surface area contributed by atoms with Gasteiger partial charge in [-0.25, -0.2) is 9.78 Å². The summed E-state index contributed by atoms with van der Waals surface area (Å²) in [5.41, 5.74) is 3.10. The van der Waals surface area contributed by atoms with Gasteiger partial charge in [-0.3, -0.25) is 0 Å². The van der Waals surface area contributed by atoms with E-state index in [0.717, 1.165) is 16.5 Å². The molecule has 0 spiro atoms. The minimum absolute atomic E-state index is 0.327. The average Bonchev–Trinajstić information content (AvgIpc) is 2.97. The Morgan fingerprint density at radius 2 is 1.75 bits per heavy atom. The van der Waals surface area contributed by atoms with Gasteiger partial charge in [0.1, 0.15) is 10.9 Å². The lowest BCUT2D eigenvalue weighted by Gasteiger charge is -2.04. The van der Waals surface area contributed by atoms with Gasteiger partial charge in [0, 0.05) is 16.5 Å². The highest BCUT2D eigenvalue weighted by molar-refractivity contribution is 6.34. The Labute approximate surface area is 143 Å². The van der Waals surface area contributed by atoms with Gasteiger partial charge in [-0.15, -0.1) is 0 Å². The van der Waals surface area contributed by atoms with Gasteiger partial charge in [0.25, 0.3) is 0 Å². The van der Waals surface area contributed by atoms with E-state index in [-0.39, 0.29) is 0 Å². The lowest BCUT2D eigenvalue weighted by Crippen LogP contribution is -2.06. The van der Waals surface area contributed by atoms with Crippen molar-refractivity contribution >= 4 is 40.3 Å². The SMILES string of the molecule is O=C1ON=C(c2ccccc2)/C1=C\c1cc2ccccc2nc1Cl. The smallest absolute Gasteiger partial charge is 0.312 e. The van der Waals surface area contributed by atoms with Crippen LogP contribution in [0, 0.1) is 0 Å². The third kappa shape index (κ3) is 2.57. The topological polar surface area (TPSA) is 51.5 Å². The molecule has 0 aliphatic carbocycles. The molecule has 0 radical (unpaired) electrons. The molecule has 24 heavy (non-hydrogen) atoms. The molecule has 1 aliphatic rings. The molecule has 2 aromatic carbocycles. The molecule has 0 saturated heterocycles. The first-order valence-electron chi connectivity index (χ1n) is 7.34. The number of nitrogens with zero attached hydrogens (tertiary/aromatic N) is 2. The molecule has 0 N–H and O–H groups in total. The number of benzene rings is 2. The Morgan fingerprint density at radius 3 is 2.58 bits per heavy atom. The summed E-state index contributed by atoms with van der Waals surface area (Å²) >= 11 is 6.28. The van der Waals surface area contributed by atoms with Gasteiger partial charge in [0.15, 0.2) is 0 Å². The third-order valence-electron chi connectivity index (χ3n) is 3.75. The monoisotopic (exact) mass is 334 g/mol. The molecule has 0 fully saturated rings. The maximum atomic E-state index is 12.1. The zero-order valence-electron chi connectivity index (χ0n) is 12.4. The highest BCUT2D eigenvalue weighted by Crippen LogP contribution is 2.26. The Bertz CT molecular complexity index is 1010. The molecule has 3 aromatic rings. The van der Waals surface area contributed by atoms with E-state index in [1.165, 1.54) is 0 Å². The normalized spacial score (nSPS) is 15.6. The summed E-state index contributed by atoms with van der Waals surface area (Å²) in [6.45, 7) is 0. The van der Waals surface area contributed by atoms with Crippen LogP contribution in [0.2, 0.25) is 5.15 Å². The van der Waals surface area contributed by atoms with Crippen molar-refractivity contribution < 1.29 is 9.63 Å². The minimum atomic E-state index is -0.502. The lowest BCUT2D eigenvalue weighted by atomic mass is 10.0. The second kappa shape index (κ2) is 5.91. The van der Waals surface area contributed by atoms with Gasteiger partial charge in [-0.1, -0.05) is 65.3 Å². The number of carbonyl (C=O) groups is 1. The summed E-state index contributed by atoms with van der Waals surface area (Å²) in [6.07, 6.45) is 1.67. The van der Waals surface area contributed by atoms with Gasteiger partial charge in [-0.2, -0.15) is 0 Å². The van der Waals surface area contributed by atoms with E-state index in [1.54, 1.807) is 6.08 Å². The first-order valence-corrected chi connectivity index (χ1v) is 7.72. The second-order valence-corrected chi connectivity index (χ2v) is 5.66. The van der Waals surface area contributed by atoms with Crippen LogP contribution in [0.4, 0.5) is 0 Å². The lowest BCUT2D eigenvalue weighted by molar-refractivity contribution is -0.136. The van der Waals surface area contributed by atoms with Crippen molar-refractivity contribution in [2.24, 2.45) is 5.16 Å². The fraction of sp³-hybridized carbons (Fsp3) is 0.